The highest BCUT2D eigenvalue weighted by Crippen LogP contribution is 2.49. The predicted molar refractivity (Wildman–Crippen MR) is 87.6 cm³/mol. The van der Waals surface area contributed by atoms with Crippen molar-refractivity contribution in [2.45, 2.75) is 43.6 Å². The summed E-state index contributed by atoms with van der Waals surface area (Å²) in [6.45, 7) is 0. The van der Waals surface area contributed by atoms with Crippen LogP contribution < -0.4 is 5.32 Å². The minimum atomic E-state index is -0.270. The van der Waals surface area contributed by atoms with Crippen LogP contribution in [0.1, 0.15) is 48.4 Å². The SMILES string of the molecule is O=C(N[C@H]1CCCc2ccccc21)C1(c2ccccc2)CC1. The van der Waals surface area contributed by atoms with Crippen LogP contribution in [-0.2, 0) is 16.6 Å². The Kier molecular flexibility index (Phi) is 3.25. The molecule has 0 saturated heterocycles. The summed E-state index contributed by atoms with van der Waals surface area (Å²) < 4.78 is 0. The van der Waals surface area contributed by atoms with Crippen molar-refractivity contribution in [3.05, 3.63) is 71.3 Å². The number of hydrogen-bond acceptors (Lipinski definition) is 1. The second-order valence-electron chi connectivity index (χ2n) is 6.57. The molecule has 0 aromatic heterocycles. The van der Waals surface area contributed by atoms with Crippen LogP contribution in [0, 0.1) is 0 Å². The number of hydrogen-bond donors (Lipinski definition) is 1. The average Bonchev–Trinajstić information content (AvgIpc) is 3.38. The molecule has 2 aliphatic carbocycles. The van der Waals surface area contributed by atoms with Crippen molar-refractivity contribution in [1.29, 1.82) is 0 Å². The first-order valence-corrected chi connectivity index (χ1v) is 8.24. The van der Waals surface area contributed by atoms with E-state index in [0.29, 0.717) is 0 Å². The van der Waals surface area contributed by atoms with E-state index >= 15 is 0 Å². The van der Waals surface area contributed by atoms with Gasteiger partial charge in [0, 0.05) is 0 Å². The van der Waals surface area contributed by atoms with E-state index in [1.165, 1.54) is 11.1 Å². The highest BCUT2D eigenvalue weighted by atomic mass is 16.2. The van der Waals surface area contributed by atoms with Crippen LogP contribution in [0.3, 0.4) is 0 Å². The van der Waals surface area contributed by atoms with E-state index in [0.717, 1.165) is 37.7 Å². The van der Waals surface area contributed by atoms with Crippen LogP contribution in [0.25, 0.3) is 0 Å². The van der Waals surface area contributed by atoms with Crippen LogP contribution in [0.5, 0.6) is 0 Å². The van der Waals surface area contributed by atoms with Crippen molar-refractivity contribution in [2.75, 3.05) is 0 Å². The molecule has 1 atom stereocenters. The lowest BCUT2D eigenvalue weighted by molar-refractivity contribution is -0.124. The number of amides is 1. The van der Waals surface area contributed by atoms with Crippen LogP contribution in [0.15, 0.2) is 54.6 Å². The summed E-state index contributed by atoms with van der Waals surface area (Å²) in [4.78, 5) is 12.9. The van der Waals surface area contributed by atoms with Crippen LogP contribution in [-0.4, -0.2) is 5.91 Å². The first-order valence-electron chi connectivity index (χ1n) is 8.24. The molecule has 1 fully saturated rings. The normalized spacial score (nSPS) is 21.7. The number of aryl methyl sites for hydroxylation is 1. The molecule has 1 amide bonds. The quantitative estimate of drug-likeness (QED) is 0.912. The van der Waals surface area contributed by atoms with Crippen molar-refractivity contribution in [1.82, 2.24) is 5.32 Å². The summed E-state index contributed by atoms with van der Waals surface area (Å²) in [7, 11) is 0. The van der Waals surface area contributed by atoms with Crippen LogP contribution in [0.2, 0.25) is 0 Å². The van der Waals surface area contributed by atoms with Gasteiger partial charge in [0.15, 0.2) is 0 Å². The lowest BCUT2D eigenvalue weighted by Gasteiger charge is -2.28. The molecule has 2 nitrogen and oxygen atoms in total. The molecule has 0 radical (unpaired) electrons. The lowest BCUT2D eigenvalue weighted by atomic mass is 9.86. The molecule has 1 N–H and O–H groups in total. The van der Waals surface area contributed by atoms with Crippen LogP contribution >= 0.6 is 0 Å². The number of carbonyl (C=O) groups excluding carboxylic acids is 1. The van der Waals surface area contributed by atoms with Crippen molar-refractivity contribution < 1.29 is 4.79 Å². The van der Waals surface area contributed by atoms with E-state index in [1.807, 2.05) is 18.2 Å². The first-order chi connectivity index (χ1) is 10.8. The Morgan fingerprint density at radius 3 is 2.50 bits per heavy atom. The smallest absolute Gasteiger partial charge is 0.231 e. The van der Waals surface area contributed by atoms with Gasteiger partial charge in [-0.15, -0.1) is 0 Å². The van der Waals surface area contributed by atoms with Crippen molar-refractivity contribution in [3.63, 3.8) is 0 Å². The molecule has 2 aliphatic rings. The highest BCUT2D eigenvalue weighted by Gasteiger charge is 2.51. The Labute approximate surface area is 131 Å². The third-order valence-corrected chi connectivity index (χ3v) is 5.19. The van der Waals surface area contributed by atoms with E-state index in [-0.39, 0.29) is 17.4 Å². The summed E-state index contributed by atoms with van der Waals surface area (Å²) in [5, 5.41) is 3.34. The zero-order valence-electron chi connectivity index (χ0n) is 12.7. The maximum Gasteiger partial charge on any atom is 0.231 e. The third kappa shape index (κ3) is 2.23. The number of carbonyl (C=O) groups is 1. The zero-order valence-corrected chi connectivity index (χ0v) is 12.7. The average molecular weight is 291 g/mol. The predicted octanol–water partition coefficient (Wildman–Crippen LogP) is 3.91. The van der Waals surface area contributed by atoms with Gasteiger partial charge in [0.2, 0.25) is 5.91 Å². The van der Waals surface area contributed by atoms with Gasteiger partial charge in [-0.2, -0.15) is 0 Å². The van der Waals surface area contributed by atoms with E-state index in [9.17, 15) is 4.79 Å². The molecule has 4 rings (SSSR count). The first kappa shape index (κ1) is 13.6. The summed E-state index contributed by atoms with van der Waals surface area (Å²) in [5.41, 5.74) is 3.60. The van der Waals surface area contributed by atoms with Gasteiger partial charge in [-0.05, 0) is 48.8 Å². The molecule has 0 spiro atoms. The highest BCUT2D eigenvalue weighted by molar-refractivity contribution is 5.91. The largest absolute Gasteiger partial charge is 0.349 e. The standard InChI is InChI=1S/C20H21NO/c22-19(20(13-14-20)16-9-2-1-3-10-16)21-18-12-6-8-15-7-4-5-11-17(15)18/h1-5,7,9-11,18H,6,8,12-14H2,(H,21,22)/t18-/m0/s1. The van der Waals surface area contributed by atoms with Crippen LogP contribution in [0.4, 0.5) is 0 Å². The fraction of sp³-hybridized carbons (Fsp3) is 0.350. The minimum Gasteiger partial charge on any atom is -0.349 e. The number of rotatable bonds is 3. The van der Waals surface area contributed by atoms with Crippen molar-refractivity contribution in [3.8, 4) is 0 Å². The van der Waals surface area contributed by atoms with E-state index in [2.05, 4.69) is 41.7 Å². The molecular formula is C20H21NO. The van der Waals surface area contributed by atoms with Gasteiger partial charge in [-0.25, -0.2) is 0 Å². The summed E-state index contributed by atoms with van der Waals surface area (Å²) in [5.74, 6) is 0.209. The molecule has 22 heavy (non-hydrogen) atoms. The molecule has 0 heterocycles. The Morgan fingerprint density at radius 1 is 1.00 bits per heavy atom. The van der Waals surface area contributed by atoms with Gasteiger partial charge in [0.05, 0.1) is 11.5 Å². The fourth-order valence-corrected chi connectivity index (χ4v) is 3.73. The van der Waals surface area contributed by atoms with E-state index in [4.69, 9.17) is 0 Å². The molecular weight excluding hydrogens is 270 g/mol. The summed E-state index contributed by atoms with van der Waals surface area (Å²) in [6.07, 6.45) is 5.27. The second kappa shape index (κ2) is 5.28. The molecule has 2 aromatic carbocycles. The topological polar surface area (TPSA) is 29.1 Å². The number of fused-ring (bicyclic) bond motifs is 1. The summed E-state index contributed by atoms with van der Waals surface area (Å²) in [6, 6.07) is 18.9. The van der Waals surface area contributed by atoms with Gasteiger partial charge >= 0.3 is 0 Å². The monoisotopic (exact) mass is 291 g/mol. The van der Waals surface area contributed by atoms with E-state index < -0.39 is 0 Å². The van der Waals surface area contributed by atoms with Gasteiger partial charge in [-0.1, -0.05) is 54.6 Å². The molecule has 0 aliphatic heterocycles. The molecule has 1 saturated carbocycles. The van der Waals surface area contributed by atoms with Gasteiger partial charge in [0.1, 0.15) is 0 Å². The molecule has 0 unspecified atom stereocenters. The maximum absolute atomic E-state index is 12.9. The Hall–Kier alpha value is -2.09. The van der Waals surface area contributed by atoms with Gasteiger partial charge in [-0.3, -0.25) is 4.79 Å². The molecule has 0 bridgehead atoms. The molecule has 2 aromatic rings. The Morgan fingerprint density at radius 2 is 1.73 bits per heavy atom. The fourth-order valence-electron chi connectivity index (χ4n) is 3.73. The maximum atomic E-state index is 12.9. The minimum absolute atomic E-state index is 0.179. The number of benzene rings is 2. The van der Waals surface area contributed by atoms with Gasteiger partial charge < -0.3 is 5.32 Å². The molecule has 2 heteroatoms. The third-order valence-electron chi connectivity index (χ3n) is 5.19. The summed E-state index contributed by atoms with van der Waals surface area (Å²) >= 11 is 0. The Balaban J connectivity index is 1.57. The lowest BCUT2D eigenvalue weighted by Crippen LogP contribution is -2.38. The Bertz CT molecular complexity index is 688. The van der Waals surface area contributed by atoms with Crippen molar-refractivity contribution in [2.24, 2.45) is 0 Å². The van der Waals surface area contributed by atoms with Crippen molar-refractivity contribution >= 4 is 5.91 Å². The van der Waals surface area contributed by atoms with Gasteiger partial charge in [0.25, 0.3) is 0 Å². The second-order valence-corrected chi connectivity index (χ2v) is 6.57. The number of nitrogens with one attached hydrogen (secondary N) is 1. The van der Waals surface area contributed by atoms with E-state index in [1.54, 1.807) is 0 Å². The zero-order chi connectivity index (χ0) is 15.0. The molecule has 112 valence electrons.